The largest absolute Gasteiger partial charge is 0.342 e. The summed E-state index contributed by atoms with van der Waals surface area (Å²) in [7, 11) is -3.49. The van der Waals surface area contributed by atoms with Crippen molar-refractivity contribution in [2.45, 2.75) is 54.7 Å². The molecule has 2 aromatic heterocycles. The maximum atomic E-state index is 13.1. The van der Waals surface area contributed by atoms with E-state index in [4.69, 9.17) is 16.9 Å². The zero-order valence-electron chi connectivity index (χ0n) is 18.3. The molecular weight excluding hydrogens is 476 g/mol. The molecule has 0 saturated heterocycles. The van der Waals surface area contributed by atoms with E-state index in [-0.39, 0.29) is 21.4 Å². The first-order chi connectivity index (χ1) is 16.3. The van der Waals surface area contributed by atoms with Crippen LogP contribution in [0.5, 0.6) is 0 Å². The molecule has 1 N–H and O–H groups in total. The Kier molecular flexibility index (Phi) is 5.62. The van der Waals surface area contributed by atoms with Gasteiger partial charge in [-0.15, -0.1) is 5.10 Å². The number of nitrogens with zero attached hydrogens (tertiary/aromatic N) is 5. The van der Waals surface area contributed by atoms with Crippen LogP contribution >= 0.6 is 11.6 Å². The molecule has 9 nitrogen and oxygen atoms in total. The lowest BCUT2D eigenvalue weighted by atomic mass is 10.2. The molecule has 2 aliphatic rings. The molecular formula is C23H21ClN6O3S. The third-order valence-electron chi connectivity index (χ3n) is 5.85. The molecule has 0 bridgehead atoms. The van der Waals surface area contributed by atoms with Gasteiger partial charge in [0.25, 0.3) is 5.91 Å². The van der Waals surface area contributed by atoms with Gasteiger partial charge in [0.15, 0.2) is 27.3 Å². The summed E-state index contributed by atoms with van der Waals surface area (Å²) in [5, 5.41) is 16.3. The van der Waals surface area contributed by atoms with E-state index >= 15 is 0 Å². The van der Waals surface area contributed by atoms with Gasteiger partial charge in [-0.25, -0.2) is 18.4 Å². The van der Waals surface area contributed by atoms with Crippen LogP contribution in [0.4, 0.5) is 0 Å². The number of rotatable bonds is 7. The van der Waals surface area contributed by atoms with Gasteiger partial charge in [0.05, 0.1) is 21.8 Å². The Labute approximate surface area is 201 Å². The Morgan fingerprint density at radius 2 is 2.00 bits per heavy atom. The number of carbonyl (C=O) groups excluding carboxylic acids is 1. The molecule has 3 aromatic rings. The third-order valence-corrected chi connectivity index (χ3v) is 8.31. The van der Waals surface area contributed by atoms with Crippen molar-refractivity contribution in [3.05, 3.63) is 64.3 Å². The highest BCUT2D eigenvalue weighted by Gasteiger charge is 2.37. The number of carbonyl (C=O) groups is 1. The summed E-state index contributed by atoms with van der Waals surface area (Å²) in [6.07, 6.45) is 4.71. The number of hydrogen-bond acceptors (Lipinski definition) is 7. The van der Waals surface area contributed by atoms with E-state index in [2.05, 4.69) is 20.4 Å². The van der Waals surface area contributed by atoms with Gasteiger partial charge in [-0.3, -0.25) is 4.79 Å². The molecule has 174 valence electrons. The molecule has 2 fully saturated rings. The van der Waals surface area contributed by atoms with E-state index < -0.39 is 27.0 Å². The quantitative estimate of drug-likeness (QED) is 0.529. The van der Waals surface area contributed by atoms with Crippen molar-refractivity contribution in [3.8, 4) is 11.9 Å². The van der Waals surface area contributed by atoms with Crippen LogP contribution in [0.1, 0.15) is 72.1 Å². The Morgan fingerprint density at radius 3 is 2.62 bits per heavy atom. The second-order valence-electron chi connectivity index (χ2n) is 8.65. The van der Waals surface area contributed by atoms with E-state index in [0.717, 1.165) is 12.8 Å². The summed E-state index contributed by atoms with van der Waals surface area (Å²) in [6, 6.07) is 8.97. The fourth-order valence-corrected chi connectivity index (χ4v) is 5.68. The van der Waals surface area contributed by atoms with E-state index in [0.29, 0.717) is 35.9 Å². The highest BCUT2D eigenvalue weighted by molar-refractivity contribution is 7.92. The van der Waals surface area contributed by atoms with Crippen molar-refractivity contribution in [2.24, 2.45) is 0 Å². The van der Waals surface area contributed by atoms with Gasteiger partial charge in [-0.1, -0.05) is 11.6 Å². The number of halogens is 1. The average molecular weight is 497 g/mol. The van der Waals surface area contributed by atoms with Crippen LogP contribution in [0.3, 0.4) is 0 Å². The minimum absolute atomic E-state index is 0.0567. The Bertz CT molecular complexity index is 1420. The second-order valence-corrected chi connectivity index (χ2v) is 11.3. The van der Waals surface area contributed by atoms with Crippen molar-refractivity contribution >= 4 is 27.3 Å². The summed E-state index contributed by atoms with van der Waals surface area (Å²) < 4.78 is 26.9. The third kappa shape index (κ3) is 4.41. The zero-order chi connectivity index (χ0) is 24.0. The molecule has 1 aromatic carbocycles. The van der Waals surface area contributed by atoms with Crippen LogP contribution in [0.25, 0.3) is 5.82 Å². The number of amides is 1. The standard InChI is InChI=1S/C23H21ClN6O3S/c1-13(27-23(31)16-8-17(24)10-19(9-16)34(32,33)18-5-6-18)22-28-21(15-3-4-15)29-30(22)20-7-2-14(11-25)12-26-20/h2,7-10,12-13,15,18H,3-6H2,1H3,(H,27,31)/t13-/m0/s1. The predicted octanol–water partition coefficient (Wildman–Crippen LogP) is 3.49. The number of nitriles is 1. The first-order valence-electron chi connectivity index (χ1n) is 10.9. The maximum absolute atomic E-state index is 13.1. The Balaban J connectivity index is 1.43. The van der Waals surface area contributed by atoms with Gasteiger partial charge in [-0.05, 0) is 62.9 Å². The fraction of sp³-hybridized carbons (Fsp3) is 0.348. The lowest BCUT2D eigenvalue weighted by molar-refractivity contribution is 0.0937. The molecule has 1 amide bonds. The summed E-state index contributed by atoms with van der Waals surface area (Å²) in [6.45, 7) is 1.77. The van der Waals surface area contributed by atoms with Crippen molar-refractivity contribution < 1.29 is 13.2 Å². The van der Waals surface area contributed by atoms with E-state index in [1.54, 1.807) is 23.7 Å². The highest BCUT2D eigenvalue weighted by atomic mass is 35.5. The van der Waals surface area contributed by atoms with Crippen LogP contribution in [0.15, 0.2) is 41.4 Å². The van der Waals surface area contributed by atoms with Gasteiger partial charge < -0.3 is 5.32 Å². The molecule has 11 heteroatoms. The molecule has 34 heavy (non-hydrogen) atoms. The van der Waals surface area contributed by atoms with Crippen molar-refractivity contribution in [1.29, 1.82) is 5.26 Å². The average Bonchev–Trinajstić information content (AvgIpc) is 3.75. The van der Waals surface area contributed by atoms with Gasteiger partial charge in [0, 0.05) is 22.7 Å². The van der Waals surface area contributed by atoms with Crippen molar-refractivity contribution in [1.82, 2.24) is 25.1 Å². The van der Waals surface area contributed by atoms with Crippen LogP contribution in [0.2, 0.25) is 5.02 Å². The molecule has 0 aliphatic heterocycles. The smallest absolute Gasteiger partial charge is 0.251 e. The number of pyridine rings is 1. The molecule has 1 atom stereocenters. The SMILES string of the molecule is C[C@H](NC(=O)c1cc(Cl)cc(S(=O)(=O)C2CC2)c1)c1nc(C2CC2)nn1-c1ccc(C#N)cn1. The van der Waals surface area contributed by atoms with Gasteiger partial charge in [-0.2, -0.15) is 9.94 Å². The van der Waals surface area contributed by atoms with Gasteiger partial charge in [0.2, 0.25) is 0 Å². The molecule has 5 rings (SSSR count). The second kappa shape index (κ2) is 8.49. The number of hydrogen-bond donors (Lipinski definition) is 1. The van der Waals surface area contributed by atoms with Crippen LogP contribution in [-0.2, 0) is 9.84 Å². The Hall–Kier alpha value is -3.29. The molecule has 0 spiro atoms. The Morgan fingerprint density at radius 1 is 1.24 bits per heavy atom. The van der Waals surface area contributed by atoms with Crippen molar-refractivity contribution in [2.75, 3.05) is 0 Å². The van der Waals surface area contributed by atoms with Crippen LogP contribution in [0, 0.1) is 11.3 Å². The number of aromatic nitrogens is 4. The number of sulfone groups is 1. The number of nitrogens with one attached hydrogen (secondary N) is 1. The van der Waals surface area contributed by atoms with Gasteiger partial charge >= 0.3 is 0 Å². The summed E-state index contributed by atoms with van der Waals surface area (Å²) in [5.41, 5.74) is 0.579. The highest BCUT2D eigenvalue weighted by Crippen LogP contribution is 2.39. The lowest BCUT2D eigenvalue weighted by Crippen LogP contribution is -2.29. The summed E-state index contributed by atoms with van der Waals surface area (Å²) in [5.74, 6) is 1.46. The summed E-state index contributed by atoms with van der Waals surface area (Å²) >= 11 is 6.15. The minimum Gasteiger partial charge on any atom is -0.342 e. The summed E-state index contributed by atoms with van der Waals surface area (Å²) in [4.78, 5) is 22.1. The molecule has 0 radical (unpaired) electrons. The number of benzene rings is 1. The molecule has 2 aliphatic carbocycles. The fourth-order valence-electron chi connectivity index (χ4n) is 3.65. The van der Waals surface area contributed by atoms with E-state index in [9.17, 15) is 13.2 Å². The predicted molar refractivity (Wildman–Crippen MR) is 123 cm³/mol. The maximum Gasteiger partial charge on any atom is 0.251 e. The van der Waals surface area contributed by atoms with Crippen LogP contribution in [-0.4, -0.2) is 39.3 Å². The van der Waals surface area contributed by atoms with Crippen molar-refractivity contribution in [3.63, 3.8) is 0 Å². The molecule has 0 unspecified atom stereocenters. The minimum atomic E-state index is -3.49. The molecule has 2 heterocycles. The first kappa shape index (κ1) is 22.5. The van der Waals surface area contributed by atoms with E-state index in [1.165, 1.54) is 24.4 Å². The molecule has 2 saturated carbocycles. The lowest BCUT2D eigenvalue weighted by Gasteiger charge is -2.15. The topological polar surface area (TPSA) is 131 Å². The first-order valence-corrected chi connectivity index (χ1v) is 12.9. The van der Waals surface area contributed by atoms with E-state index in [1.807, 2.05) is 6.07 Å². The van der Waals surface area contributed by atoms with Gasteiger partial charge in [0.1, 0.15) is 6.07 Å². The zero-order valence-corrected chi connectivity index (χ0v) is 19.8. The van der Waals surface area contributed by atoms with Crippen LogP contribution < -0.4 is 5.32 Å². The normalized spacial score (nSPS) is 16.6. The monoisotopic (exact) mass is 496 g/mol.